The van der Waals surface area contributed by atoms with Crippen LogP contribution < -0.4 is 5.32 Å². The minimum Gasteiger partial charge on any atom is -0.367 e. The molecular weight excluding hydrogens is 306 g/mol. The Morgan fingerprint density at radius 2 is 1.87 bits per heavy atom. The summed E-state index contributed by atoms with van der Waals surface area (Å²) in [6.07, 6.45) is 1.74. The molecule has 0 amide bonds. The quantitative estimate of drug-likeness (QED) is 0.710. The SMILES string of the molecule is CCC(C)Nc1nc(Cc2ccccc2)nc2cc(Cl)ccc12. The average molecular weight is 326 g/mol. The van der Waals surface area contributed by atoms with E-state index in [1.54, 1.807) is 0 Å². The Labute approximate surface area is 141 Å². The van der Waals surface area contributed by atoms with Crippen LogP contribution in [0.4, 0.5) is 5.82 Å². The van der Waals surface area contributed by atoms with Gasteiger partial charge in [-0.15, -0.1) is 0 Å². The number of hydrogen-bond donors (Lipinski definition) is 1. The molecule has 0 fully saturated rings. The van der Waals surface area contributed by atoms with Crippen LogP contribution in [0.2, 0.25) is 5.02 Å². The van der Waals surface area contributed by atoms with Gasteiger partial charge in [0.1, 0.15) is 11.6 Å². The molecule has 0 saturated heterocycles. The number of halogens is 1. The molecule has 2 aromatic carbocycles. The van der Waals surface area contributed by atoms with Crippen molar-refractivity contribution < 1.29 is 0 Å². The molecule has 0 aliphatic rings. The van der Waals surface area contributed by atoms with Crippen LogP contribution in [0.25, 0.3) is 10.9 Å². The summed E-state index contributed by atoms with van der Waals surface area (Å²) in [4.78, 5) is 9.44. The molecule has 4 heteroatoms. The van der Waals surface area contributed by atoms with E-state index in [0.29, 0.717) is 17.5 Å². The highest BCUT2D eigenvalue weighted by atomic mass is 35.5. The topological polar surface area (TPSA) is 37.8 Å². The lowest BCUT2D eigenvalue weighted by atomic mass is 10.1. The molecule has 0 bridgehead atoms. The summed E-state index contributed by atoms with van der Waals surface area (Å²) >= 11 is 6.14. The molecule has 118 valence electrons. The molecule has 0 radical (unpaired) electrons. The van der Waals surface area contributed by atoms with Crippen molar-refractivity contribution >= 4 is 28.3 Å². The summed E-state index contributed by atoms with van der Waals surface area (Å²) in [6.45, 7) is 4.31. The predicted octanol–water partition coefficient (Wildman–Crippen LogP) is 5.08. The maximum absolute atomic E-state index is 6.14. The van der Waals surface area contributed by atoms with E-state index in [0.717, 1.165) is 29.0 Å². The lowest BCUT2D eigenvalue weighted by Gasteiger charge is -2.15. The van der Waals surface area contributed by atoms with Gasteiger partial charge in [0.05, 0.1) is 5.52 Å². The van der Waals surface area contributed by atoms with Gasteiger partial charge in [-0.1, -0.05) is 48.9 Å². The van der Waals surface area contributed by atoms with Crippen LogP contribution >= 0.6 is 11.6 Å². The van der Waals surface area contributed by atoms with Crippen molar-refractivity contribution in [2.24, 2.45) is 0 Å². The van der Waals surface area contributed by atoms with Gasteiger partial charge in [0.15, 0.2) is 0 Å². The molecule has 0 aliphatic heterocycles. The van der Waals surface area contributed by atoms with E-state index in [2.05, 4.69) is 36.3 Å². The molecule has 3 rings (SSSR count). The number of hydrogen-bond acceptors (Lipinski definition) is 3. The van der Waals surface area contributed by atoms with Gasteiger partial charge in [-0.25, -0.2) is 9.97 Å². The van der Waals surface area contributed by atoms with Crippen LogP contribution in [-0.4, -0.2) is 16.0 Å². The summed E-state index contributed by atoms with van der Waals surface area (Å²) in [6, 6.07) is 16.4. The second kappa shape index (κ2) is 6.97. The molecule has 0 spiro atoms. The molecule has 1 N–H and O–H groups in total. The second-order valence-electron chi connectivity index (χ2n) is 5.77. The number of benzene rings is 2. The van der Waals surface area contributed by atoms with E-state index < -0.39 is 0 Å². The second-order valence-corrected chi connectivity index (χ2v) is 6.20. The Bertz CT molecular complexity index is 802. The summed E-state index contributed by atoms with van der Waals surface area (Å²) in [5, 5.41) is 5.18. The molecule has 0 saturated carbocycles. The summed E-state index contributed by atoms with van der Waals surface area (Å²) in [7, 11) is 0. The minimum absolute atomic E-state index is 0.355. The number of nitrogens with one attached hydrogen (secondary N) is 1. The van der Waals surface area contributed by atoms with Crippen molar-refractivity contribution in [3.8, 4) is 0 Å². The molecule has 23 heavy (non-hydrogen) atoms. The van der Waals surface area contributed by atoms with Crippen LogP contribution in [0, 0.1) is 0 Å². The van der Waals surface area contributed by atoms with Crippen molar-refractivity contribution in [1.82, 2.24) is 9.97 Å². The van der Waals surface area contributed by atoms with E-state index in [1.165, 1.54) is 5.56 Å². The van der Waals surface area contributed by atoms with Crippen LogP contribution in [-0.2, 0) is 6.42 Å². The monoisotopic (exact) mass is 325 g/mol. The third kappa shape index (κ3) is 3.80. The first kappa shape index (κ1) is 15.8. The highest BCUT2D eigenvalue weighted by Crippen LogP contribution is 2.25. The third-order valence-electron chi connectivity index (χ3n) is 3.91. The highest BCUT2D eigenvalue weighted by Gasteiger charge is 2.10. The van der Waals surface area contributed by atoms with Gasteiger partial charge >= 0.3 is 0 Å². The summed E-state index contributed by atoms with van der Waals surface area (Å²) < 4.78 is 0. The van der Waals surface area contributed by atoms with Crippen LogP contribution in [0.3, 0.4) is 0 Å². The highest BCUT2D eigenvalue weighted by molar-refractivity contribution is 6.31. The van der Waals surface area contributed by atoms with Gasteiger partial charge in [-0.2, -0.15) is 0 Å². The molecule has 1 aromatic heterocycles. The van der Waals surface area contributed by atoms with Crippen molar-refractivity contribution in [3.05, 3.63) is 64.9 Å². The Hall–Kier alpha value is -2.13. The number of aromatic nitrogens is 2. The predicted molar refractivity (Wildman–Crippen MR) is 97.2 cm³/mol. The number of fused-ring (bicyclic) bond motifs is 1. The number of nitrogens with zero attached hydrogens (tertiary/aromatic N) is 2. The normalized spacial score (nSPS) is 12.3. The zero-order valence-electron chi connectivity index (χ0n) is 13.4. The van der Waals surface area contributed by atoms with Crippen LogP contribution in [0.15, 0.2) is 48.5 Å². The minimum atomic E-state index is 0.355. The van der Waals surface area contributed by atoms with Crippen LogP contribution in [0.5, 0.6) is 0 Å². The van der Waals surface area contributed by atoms with Crippen molar-refractivity contribution in [3.63, 3.8) is 0 Å². The van der Waals surface area contributed by atoms with Gasteiger partial charge in [0.2, 0.25) is 0 Å². The first-order chi connectivity index (χ1) is 11.2. The Balaban J connectivity index is 2.04. The van der Waals surface area contributed by atoms with Crippen molar-refractivity contribution in [2.45, 2.75) is 32.7 Å². The summed E-state index contributed by atoms with van der Waals surface area (Å²) in [5.41, 5.74) is 2.08. The average Bonchev–Trinajstić information content (AvgIpc) is 2.55. The molecule has 3 aromatic rings. The Morgan fingerprint density at radius 1 is 1.09 bits per heavy atom. The zero-order valence-corrected chi connectivity index (χ0v) is 14.1. The Kier molecular flexibility index (Phi) is 4.77. The maximum Gasteiger partial charge on any atom is 0.137 e. The fourth-order valence-corrected chi connectivity index (χ4v) is 2.62. The van der Waals surface area contributed by atoms with Gasteiger partial charge in [0.25, 0.3) is 0 Å². The van der Waals surface area contributed by atoms with Gasteiger partial charge in [-0.05, 0) is 37.1 Å². The lowest BCUT2D eigenvalue weighted by Crippen LogP contribution is -2.16. The fourth-order valence-electron chi connectivity index (χ4n) is 2.45. The van der Waals surface area contributed by atoms with Gasteiger partial charge in [0, 0.05) is 22.9 Å². The molecule has 1 atom stereocenters. The van der Waals surface area contributed by atoms with E-state index in [9.17, 15) is 0 Å². The molecule has 1 heterocycles. The Morgan fingerprint density at radius 3 is 2.61 bits per heavy atom. The molecule has 3 nitrogen and oxygen atoms in total. The van der Waals surface area contributed by atoms with E-state index in [4.69, 9.17) is 16.6 Å². The van der Waals surface area contributed by atoms with E-state index >= 15 is 0 Å². The molecular formula is C19H20ClN3. The van der Waals surface area contributed by atoms with Crippen molar-refractivity contribution in [1.29, 1.82) is 0 Å². The van der Waals surface area contributed by atoms with Gasteiger partial charge in [-0.3, -0.25) is 0 Å². The first-order valence-corrected chi connectivity index (χ1v) is 8.30. The molecule has 0 aliphatic carbocycles. The fraction of sp³-hybridized carbons (Fsp3) is 0.263. The molecule has 1 unspecified atom stereocenters. The maximum atomic E-state index is 6.14. The first-order valence-electron chi connectivity index (χ1n) is 7.92. The van der Waals surface area contributed by atoms with Gasteiger partial charge < -0.3 is 5.32 Å². The standard InChI is InChI=1S/C19H20ClN3/c1-3-13(2)21-19-16-10-9-15(20)12-17(16)22-18(23-19)11-14-7-5-4-6-8-14/h4-10,12-13H,3,11H2,1-2H3,(H,21,22,23). The third-order valence-corrected chi connectivity index (χ3v) is 4.14. The van der Waals surface area contributed by atoms with E-state index in [-0.39, 0.29) is 0 Å². The lowest BCUT2D eigenvalue weighted by molar-refractivity contribution is 0.758. The van der Waals surface area contributed by atoms with E-state index in [1.807, 2.05) is 36.4 Å². The number of rotatable bonds is 5. The summed E-state index contributed by atoms with van der Waals surface area (Å²) in [5.74, 6) is 1.68. The largest absolute Gasteiger partial charge is 0.367 e. The zero-order chi connectivity index (χ0) is 16.2. The van der Waals surface area contributed by atoms with Crippen LogP contribution in [0.1, 0.15) is 31.7 Å². The number of anilines is 1. The smallest absolute Gasteiger partial charge is 0.137 e. The van der Waals surface area contributed by atoms with Crippen molar-refractivity contribution in [2.75, 3.05) is 5.32 Å².